The summed E-state index contributed by atoms with van der Waals surface area (Å²) < 4.78 is 10.9. The summed E-state index contributed by atoms with van der Waals surface area (Å²) in [5.41, 5.74) is 1.88. The maximum atomic E-state index is 12.4. The Hall–Kier alpha value is -2.71. The highest BCUT2D eigenvalue weighted by Crippen LogP contribution is 2.24. The molecule has 0 atom stereocenters. The van der Waals surface area contributed by atoms with Crippen molar-refractivity contribution in [1.82, 2.24) is 14.9 Å². The monoisotopic (exact) mass is 364 g/mol. The first-order valence-corrected chi connectivity index (χ1v) is 9.02. The van der Waals surface area contributed by atoms with Gasteiger partial charge in [-0.3, -0.25) is 9.69 Å². The predicted molar refractivity (Wildman–Crippen MR) is 106 cm³/mol. The molecule has 1 amide bonds. The van der Waals surface area contributed by atoms with E-state index in [-0.39, 0.29) is 5.91 Å². The summed E-state index contributed by atoms with van der Waals surface area (Å²) in [5, 5.41) is 4.98. The molecular weight excluding hydrogens is 343 g/mol. The standard InChI is InChI=1S/C19H21BN4O3/c1-12-21-10-16(27-12)13-2-3-14-9-22-19(18(20)15(14)8-13)23-17(25)11-24-4-6-26-7-5-24/h2-3,8-10H,4-7,11,20H2,1H3,(H,22,23,25). The van der Waals surface area contributed by atoms with Gasteiger partial charge >= 0.3 is 0 Å². The highest BCUT2D eigenvalue weighted by atomic mass is 16.5. The number of rotatable bonds is 4. The molecule has 0 aliphatic carbocycles. The smallest absolute Gasteiger partial charge is 0.239 e. The minimum absolute atomic E-state index is 0.0612. The van der Waals surface area contributed by atoms with Crippen LogP contribution in [0.4, 0.5) is 5.82 Å². The summed E-state index contributed by atoms with van der Waals surface area (Å²) in [4.78, 5) is 23.1. The molecule has 4 rings (SSSR count). The fraction of sp³-hybridized carbons (Fsp3) is 0.316. The quantitative estimate of drug-likeness (QED) is 0.688. The van der Waals surface area contributed by atoms with E-state index in [9.17, 15) is 4.79 Å². The van der Waals surface area contributed by atoms with Crippen molar-refractivity contribution in [2.24, 2.45) is 0 Å². The molecule has 1 aromatic carbocycles. The maximum Gasteiger partial charge on any atom is 0.239 e. The Morgan fingerprint density at radius 2 is 2.07 bits per heavy atom. The third-order valence-electron chi connectivity index (χ3n) is 4.78. The number of oxazole rings is 1. The molecule has 2 aromatic heterocycles. The van der Waals surface area contributed by atoms with E-state index in [0.717, 1.165) is 40.6 Å². The lowest BCUT2D eigenvalue weighted by molar-refractivity contribution is -0.118. The molecule has 27 heavy (non-hydrogen) atoms. The predicted octanol–water partition coefficient (Wildman–Crippen LogP) is 0.727. The molecule has 1 N–H and O–H groups in total. The van der Waals surface area contributed by atoms with Gasteiger partial charge in [0.25, 0.3) is 0 Å². The van der Waals surface area contributed by atoms with Crippen molar-refractivity contribution in [3.8, 4) is 11.3 Å². The van der Waals surface area contributed by atoms with Gasteiger partial charge in [0.2, 0.25) is 5.91 Å². The number of pyridine rings is 1. The second kappa shape index (κ2) is 7.50. The van der Waals surface area contributed by atoms with E-state index >= 15 is 0 Å². The lowest BCUT2D eigenvalue weighted by Gasteiger charge is -2.25. The number of aryl methyl sites for hydroxylation is 1. The molecular formula is C19H21BN4O3. The molecule has 3 aromatic rings. The van der Waals surface area contributed by atoms with Crippen molar-refractivity contribution in [1.29, 1.82) is 0 Å². The van der Waals surface area contributed by atoms with Crippen LogP contribution in [0.5, 0.6) is 0 Å². The number of benzene rings is 1. The molecule has 1 fully saturated rings. The van der Waals surface area contributed by atoms with Crippen LogP contribution in [-0.4, -0.2) is 61.5 Å². The second-order valence-corrected chi connectivity index (χ2v) is 6.71. The van der Waals surface area contributed by atoms with Crippen LogP contribution in [0.2, 0.25) is 0 Å². The average molecular weight is 364 g/mol. The number of carbonyl (C=O) groups is 1. The molecule has 0 unspecified atom stereocenters. The zero-order valence-electron chi connectivity index (χ0n) is 15.5. The molecule has 8 heteroatoms. The Labute approximate surface area is 158 Å². The SMILES string of the molecule is Bc1c(NC(=O)CN2CCOCC2)ncc2ccc(-c3cnc(C)o3)cc12. The first-order valence-electron chi connectivity index (χ1n) is 9.02. The molecule has 0 spiro atoms. The van der Waals surface area contributed by atoms with Gasteiger partial charge in [-0.05, 0) is 22.3 Å². The number of hydrogen-bond donors (Lipinski definition) is 1. The number of amides is 1. The Morgan fingerprint density at radius 3 is 2.81 bits per heavy atom. The largest absolute Gasteiger partial charge is 0.441 e. The summed E-state index contributed by atoms with van der Waals surface area (Å²) in [5.74, 6) is 1.89. The van der Waals surface area contributed by atoms with Gasteiger partial charge in [-0.25, -0.2) is 9.97 Å². The van der Waals surface area contributed by atoms with Crippen LogP contribution in [0.3, 0.4) is 0 Å². The van der Waals surface area contributed by atoms with Crippen molar-refractivity contribution < 1.29 is 13.9 Å². The normalized spacial score (nSPS) is 15.1. The minimum Gasteiger partial charge on any atom is -0.441 e. The number of fused-ring (bicyclic) bond motifs is 1. The van der Waals surface area contributed by atoms with Gasteiger partial charge < -0.3 is 14.5 Å². The molecule has 3 heterocycles. The summed E-state index contributed by atoms with van der Waals surface area (Å²) >= 11 is 0. The van der Waals surface area contributed by atoms with E-state index in [1.165, 1.54) is 0 Å². The maximum absolute atomic E-state index is 12.4. The van der Waals surface area contributed by atoms with Crippen LogP contribution >= 0.6 is 0 Å². The highest BCUT2D eigenvalue weighted by molar-refractivity contribution is 6.42. The molecule has 0 saturated carbocycles. The van der Waals surface area contributed by atoms with E-state index in [1.807, 2.05) is 33.0 Å². The first-order chi connectivity index (χ1) is 13.1. The Morgan fingerprint density at radius 1 is 1.26 bits per heavy atom. The summed E-state index contributed by atoms with van der Waals surface area (Å²) in [6.07, 6.45) is 3.50. The Kier molecular flexibility index (Phi) is 4.91. The van der Waals surface area contributed by atoms with Gasteiger partial charge in [-0.15, -0.1) is 0 Å². The number of aromatic nitrogens is 2. The molecule has 7 nitrogen and oxygen atoms in total. The van der Waals surface area contributed by atoms with E-state index in [0.29, 0.717) is 31.5 Å². The molecule has 1 aliphatic heterocycles. The fourth-order valence-corrected chi connectivity index (χ4v) is 3.26. The van der Waals surface area contributed by atoms with Crippen LogP contribution in [0.15, 0.2) is 35.0 Å². The van der Waals surface area contributed by atoms with Crippen LogP contribution < -0.4 is 10.8 Å². The fourth-order valence-electron chi connectivity index (χ4n) is 3.26. The molecule has 1 aliphatic rings. The number of anilines is 1. The molecule has 0 bridgehead atoms. The van der Waals surface area contributed by atoms with E-state index < -0.39 is 0 Å². The summed E-state index contributed by atoms with van der Waals surface area (Å²) in [6, 6.07) is 6.03. The molecule has 1 saturated heterocycles. The van der Waals surface area contributed by atoms with Gasteiger partial charge in [-0.2, -0.15) is 0 Å². The number of morpholine rings is 1. The third-order valence-corrected chi connectivity index (χ3v) is 4.78. The summed E-state index contributed by atoms with van der Waals surface area (Å²) in [7, 11) is 1.97. The van der Waals surface area contributed by atoms with Gasteiger partial charge in [0.1, 0.15) is 13.7 Å². The zero-order chi connectivity index (χ0) is 18.8. The highest BCUT2D eigenvalue weighted by Gasteiger charge is 2.16. The van der Waals surface area contributed by atoms with Crippen LogP contribution in [0, 0.1) is 6.92 Å². The van der Waals surface area contributed by atoms with Crippen LogP contribution in [0.25, 0.3) is 22.1 Å². The second-order valence-electron chi connectivity index (χ2n) is 6.71. The Balaban J connectivity index is 1.57. The van der Waals surface area contributed by atoms with E-state index in [2.05, 4.69) is 20.2 Å². The zero-order valence-corrected chi connectivity index (χ0v) is 15.5. The third kappa shape index (κ3) is 3.86. The van der Waals surface area contributed by atoms with Gasteiger partial charge in [0.15, 0.2) is 11.7 Å². The molecule has 138 valence electrons. The minimum atomic E-state index is -0.0612. The van der Waals surface area contributed by atoms with Crippen molar-refractivity contribution in [2.45, 2.75) is 6.92 Å². The van der Waals surface area contributed by atoms with Gasteiger partial charge in [0.05, 0.1) is 26.0 Å². The van der Waals surface area contributed by atoms with Crippen LogP contribution in [0.1, 0.15) is 5.89 Å². The Bertz CT molecular complexity index is 982. The lowest BCUT2D eigenvalue weighted by atomic mass is 9.90. The van der Waals surface area contributed by atoms with Crippen molar-refractivity contribution >= 4 is 35.8 Å². The van der Waals surface area contributed by atoms with Crippen molar-refractivity contribution in [2.75, 3.05) is 38.2 Å². The first kappa shape index (κ1) is 17.7. The number of nitrogens with zero attached hydrogens (tertiary/aromatic N) is 3. The van der Waals surface area contributed by atoms with Gasteiger partial charge in [-0.1, -0.05) is 12.1 Å². The number of hydrogen-bond acceptors (Lipinski definition) is 6. The summed E-state index contributed by atoms with van der Waals surface area (Å²) in [6.45, 7) is 5.06. The lowest BCUT2D eigenvalue weighted by Crippen LogP contribution is -2.41. The van der Waals surface area contributed by atoms with Gasteiger partial charge in [0, 0.05) is 31.8 Å². The van der Waals surface area contributed by atoms with Crippen molar-refractivity contribution in [3.05, 3.63) is 36.5 Å². The van der Waals surface area contributed by atoms with Crippen LogP contribution in [-0.2, 0) is 9.53 Å². The van der Waals surface area contributed by atoms with E-state index in [1.54, 1.807) is 12.4 Å². The average Bonchev–Trinajstić information content (AvgIpc) is 3.11. The topological polar surface area (TPSA) is 80.5 Å². The molecule has 0 radical (unpaired) electrons. The number of carbonyl (C=O) groups excluding carboxylic acids is 1. The van der Waals surface area contributed by atoms with Crippen molar-refractivity contribution in [3.63, 3.8) is 0 Å². The number of nitrogens with one attached hydrogen (secondary N) is 1. The number of ether oxygens (including phenoxy) is 1. The van der Waals surface area contributed by atoms with E-state index in [4.69, 9.17) is 9.15 Å².